The molecule has 3 saturated heterocycles. The fraction of sp³-hybridized carbons (Fsp3) is 0.897. The number of carbonyl (C=O) groups excluding carboxylic acids is 1. The Morgan fingerprint density at radius 2 is 1.24 bits per heavy atom. The van der Waals surface area contributed by atoms with Gasteiger partial charge in [0.25, 0.3) is 0 Å². The highest BCUT2D eigenvalue weighted by molar-refractivity contribution is 5.90. The Kier molecular flexibility index (Phi) is 16.5. The minimum absolute atomic E-state index is 0.00373. The summed E-state index contributed by atoms with van der Waals surface area (Å²) in [6.07, 6.45) is -15.2. The maximum atomic E-state index is 11.9. The van der Waals surface area contributed by atoms with Crippen LogP contribution in [-0.2, 0) is 42.7 Å². The lowest BCUT2D eigenvalue weighted by Crippen LogP contribution is -2.63. The quantitative estimate of drug-likeness (QED) is 0.0358. The highest BCUT2D eigenvalue weighted by Gasteiger charge is 2.54. The van der Waals surface area contributed by atoms with Gasteiger partial charge < -0.3 is 89.3 Å². The number of carbonyl (C=O) groups is 2. The van der Waals surface area contributed by atoms with Crippen LogP contribution in [0.1, 0.15) is 70.6 Å². The van der Waals surface area contributed by atoms with Gasteiger partial charge in [0.1, 0.15) is 61.9 Å². The fourth-order valence-electron chi connectivity index (χ4n) is 9.36. The molecule has 3 saturated carbocycles. The first-order valence-corrected chi connectivity index (χ1v) is 20.8. The van der Waals surface area contributed by atoms with E-state index in [0.717, 1.165) is 25.7 Å². The van der Waals surface area contributed by atoms with Gasteiger partial charge in [0.05, 0.1) is 62.0 Å². The Morgan fingerprint density at radius 3 is 1.86 bits per heavy atom. The third-order valence-electron chi connectivity index (χ3n) is 12.8. The number of esters is 1. The van der Waals surface area contributed by atoms with Crippen molar-refractivity contribution < 1.29 is 98.9 Å². The van der Waals surface area contributed by atoms with Crippen molar-refractivity contribution >= 4 is 11.9 Å². The van der Waals surface area contributed by atoms with Crippen molar-refractivity contribution in [1.29, 1.82) is 0 Å². The summed E-state index contributed by atoms with van der Waals surface area (Å²) in [6.45, 7) is -0.636. The summed E-state index contributed by atoms with van der Waals surface area (Å²) in [5, 5.41) is 115. The summed E-state index contributed by atoms with van der Waals surface area (Å²) in [6, 6.07) is 0. The number of hydrogen-bond acceptors (Lipinski definition) is 19. The molecule has 19 atom stereocenters. The fourth-order valence-corrected chi connectivity index (χ4v) is 9.36. The Labute approximate surface area is 341 Å². The summed E-state index contributed by atoms with van der Waals surface area (Å²) in [7, 11) is 0. The molecule has 0 aromatic rings. The zero-order valence-corrected chi connectivity index (χ0v) is 32.8. The molecule has 0 aromatic heterocycles. The first kappa shape index (κ1) is 46.5. The van der Waals surface area contributed by atoms with Gasteiger partial charge in [-0.1, -0.05) is 12.2 Å². The van der Waals surface area contributed by atoms with E-state index in [0.29, 0.717) is 12.3 Å². The van der Waals surface area contributed by atoms with Gasteiger partial charge in [0.15, 0.2) is 12.6 Å². The molecule has 9 unspecified atom stereocenters. The molecule has 0 spiro atoms. The van der Waals surface area contributed by atoms with Gasteiger partial charge >= 0.3 is 11.9 Å². The zero-order valence-electron chi connectivity index (χ0n) is 32.8. The summed E-state index contributed by atoms with van der Waals surface area (Å²) >= 11 is 0. The monoisotopic (exact) mass is 850 g/mol. The molecular weight excluding hydrogens is 788 g/mol. The highest BCUT2D eigenvalue weighted by Crippen LogP contribution is 2.45. The SMILES string of the molecule is O=C(O)CC(=O)OC[C@H]1O[C@@H](OC2CC(O)CC3OC(C4CCC(O)C(O)C4)C(O[C@@H]4O[C@H](COCC=CC5CCC(O)CC5)[C@@H](O)[C@H](O)[C@H]4O)CC32)[C@H](O)[C@@H](O)[C@@H]1O. The van der Waals surface area contributed by atoms with Crippen molar-refractivity contribution in [1.82, 2.24) is 0 Å². The third-order valence-corrected chi connectivity index (χ3v) is 12.8. The van der Waals surface area contributed by atoms with E-state index in [-0.39, 0.29) is 57.3 Å². The minimum Gasteiger partial charge on any atom is -0.481 e. The second-order valence-electron chi connectivity index (χ2n) is 17.0. The molecule has 0 bridgehead atoms. The van der Waals surface area contributed by atoms with Crippen LogP contribution in [0.2, 0.25) is 0 Å². The van der Waals surface area contributed by atoms with Crippen LogP contribution in [0.3, 0.4) is 0 Å². The standard InChI is InChI=1S/C39H62O20/c40-19-6-3-17(4-7-19)2-1-9-53-15-27-31(47)33(49)36(52)39(58-27)57-26-13-21-24(55-37(26)18-5-8-22(42)23(43)10-18)11-20(41)12-25(21)56-38-35(51)34(50)32(48)28(59-38)16-54-30(46)14-29(44)45/h1-2,17-28,31-43,47-52H,3-16H2,(H,44,45)/t17?,18?,19?,20?,21?,22?,23?,24?,25?,26?,27-,28-,31-,32-,33+,34+,35-,36-,37?,38-,39-/m1/s1. The number of carboxylic acid groups (broad SMARTS) is 1. The summed E-state index contributed by atoms with van der Waals surface area (Å²) < 4.78 is 41.7. The lowest BCUT2D eigenvalue weighted by molar-refractivity contribution is -0.345. The number of aliphatic hydroxyl groups is 10. The predicted molar refractivity (Wildman–Crippen MR) is 196 cm³/mol. The van der Waals surface area contributed by atoms with Crippen molar-refractivity contribution in [2.24, 2.45) is 17.8 Å². The molecule has 3 heterocycles. The van der Waals surface area contributed by atoms with Gasteiger partial charge in [-0.2, -0.15) is 0 Å². The smallest absolute Gasteiger partial charge is 0.317 e. The Bertz CT molecular complexity index is 1380. The van der Waals surface area contributed by atoms with Crippen LogP contribution in [0.4, 0.5) is 0 Å². The molecule has 20 heteroatoms. The molecule has 20 nitrogen and oxygen atoms in total. The van der Waals surface area contributed by atoms with Crippen molar-refractivity contribution in [2.45, 2.75) is 181 Å². The first-order valence-electron chi connectivity index (χ1n) is 20.8. The average Bonchev–Trinajstić information content (AvgIpc) is 3.19. The van der Waals surface area contributed by atoms with E-state index >= 15 is 0 Å². The number of fused-ring (bicyclic) bond motifs is 1. The van der Waals surface area contributed by atoms with Gasteiger partial charge in [-0.25, -0.2) is 0 Å². The van der Waals surface area contributed by atoms with Crippen LogP contribution in [0.15, 0.2) is 12.2 Å². The Morgan fingerprint density at radius 1 is 0.610 bits per heavy atom. The predicted octanol–water partition coefficient (Wildman–Crippen LogP) is -3.04. The van der Waals surface area contributed by atoms with Gasteiger partial charge in [-0.05, 0) is 69.6 Å². The van der Waals surface area contributed by atoms with Gasteiger partial charge in [-0.3, -0.25) is 9.59 Å². The Balaban J connectivity index is 1.15. The summed E-state index contributed by atoms with van der Waals surface area (Å²) in [5.74, 6) is -3.20. The molecule has 3 aliphatic heterocycles. The minimum atomic E-state index is -1.83. The van der Waals surface area contributed by atoms with Gasteiger partial charge in [0, 0.05) is 12.3 Å². The van der Waals surface area contributed by atoms with E-state index < -0.39 is 135 Å². The van der Waals surface area contributed by atoms with E-state index in [1.165, 1.54) is 0 Å². The van der Waals surface area contributed by atoms with Gasteiger partial charge in [0.2, 0.25) is 0 Å². The van der Waals surface area contributed by atoms with Crippen LogP contribution < -0.4 is 0 Å². The maximum Gasteiger partial charge on any atom is 0.317 e. The molecular formula is C39H62O20. The van der Waals surface area contributed by atoms with Crippen LogP contribution >= 0.6 is 0 Å². The van der Waals surface area contributed by atoms with Crippen molar-refractivity contribution in [3.63, 3.8) is 0 Å². The van der Waals surface area contributed by atoms with E-state index in [2.05, 4.69) is 0 Å². The molecule has 0 aromatic carbocycles. The van der Waals surface area contributed by atoms with Crippen molar-refractivity contribution in [3.8, 4) is 0 Å². The topological polar surface area (TPSA) is 321 Å². The molecule has 3 aliphatic carbocycles. The second kappa shape index (κ2) is 20.9. The van der Waals surface area contributed by atoms with E-state index in [9.17, 15) is 60.7 Å². The third kappa shape index (κ3) is 11.7. The number of aliphatic carboxylic acids is 1. The lowest BCUT2D eigenvalue weighted by Gasteiger charge is -2.52. The maximum absolute atomic E-state index is 11.9. The largest absolute Gasteiger partial charge is 0.481 e. The second-order valence-corrected chi connectivity index (χ2v) is 17.0. The number of aliphatic hydroxyl groups excluding tert-OH is 10. The van der Waals surface area contributed by atoms with E-state index in [1.54, 1.807) is 0 Å². The van der Waals surface area contributed by atoms with E-state index in [1.807, 2.05) is 12.2 Å². The van der Waals surface area contributed by atoms with Gasteiger partial charge in [-0.15, -0.1) is 0 Å². The van der Waals surface area contributed by atoms with Crippen LogP contribution in [0.25, 0.3) is 0 Å². The highest BCUT2D eigenvalue weighted by atomic mass is 16.7. The number of carboxylic acids is 1. The molecule has 0 radical (unpaired) electrons. The van der Waals surface area contributed by atoms with E-state index in [4.69, 9.17) is 38.3 Å². The Hall–Kier alpha value is -1.96. The summed E-state index contributed by atoms with van der Waals surface area (Å²) in [4.78, 5) is 22.7. The normalized spacial score (nSPS) is 47.1. The summed E-state index contributed by atoms with van der Waals surface area (Å²) in [5.41, 5.74) is 0. The molecule has 6 fully saturated rings. The first-order chi connectivity index (χ1) is 28.1. The lowest BCUT2D eigenvalue weighted by atomic mass is 9.72. The molecule has 6 aliphatic rings. The molecule has 11 N–H and O–H groups in total. The van der Waals surface area contributed by atoms with Crippen LogP contribution in [0, 0.1) is 17.8 Å². The number of ether oxygens (including phenoxy) is 7. The number of rotatable bonds is 14. The average molecular weight is 851 g/mol. The van der Waals surface area contributed by atoms with Crippen LogP contribution in [0.5, 0.6) is 0 Å². The van der Waals surface area contributed by atoms with Crippen molar-refractivity contribution in [2.75, 3.05) is 19.8 Å². The van der Waals surface area contributed by atoms with Crippen molar-refractivity contribution in [3.05, 3.63) is 12.2 Å². The molecule has 6 rings (SSSR count). The number of hydrogen-bond donors (Lipinski definition) is 11. The van der Waals surface area contributed by atoms with Crippen LogP contribution in [-0.4, -0.2) is 198 Å². The molecule has 338 valence electrons. The zero-order chi connectivity index (χ0) is 42.5. The molecule has 59 heavy (non-hydrogen) atoms. The molecule has 0 amide bonds. The number of allylic oxidation sites excluding steroid dienone is 1.